The Morgan fingerprint density at radius 2 is 1.25 bits per heavy atom. The van der Waals surface area contributed by atoms with Crippen LogP contribution in [0.4, 0.5) is 0 Å². The summed E-state index contributed by atoms with van der Waals surface area (Å²) in [4.78, 5) is 8.25. The second-order valence-corrected chi connectivity index (χ2v) is 0.224. The van der Waals surface area contributed by atoms with Crippen LogP contribution < -0.4 is 51.4 Å². The fourth-order valence-electron chi connectivity index (χ4n) is 0. The number of nitrogens with zero attached hydrogens (tertiary/aromatic N) is 1. The SMILES string of the molecule is O.O.O=[N+]([O-])[O-].[Ce].[H-].[K+]. The Kier molecular flexibility index (Phi) is 91.9. The summed E-state index contributed by atoms with van der Waals surface area (Å²) in [6.45, 7) is 0. The molecule has 0 radical (unpaired) electrons. The van der Waals surface area contributed by atoms with Crippen LogP contribution in [0.1, 0.15) is 1.43 Å². The number of rotatable bonds is 0. The molecule has 0 spiro atoms. The van der Waals surface area contributed by atoms with E-state index >= 15 is 0 Å². The summed E-state index contributed by atoms with van der Waals surface area (Å²) in [5.41, 5.74) is 0. The van der Waals surface area contributed by atoms with Crippen LogP contribution in [-0.2, 0) is 0 Å². The van der Waals surface area contributed by atoms with Gasteiger partial charge in [-0.1, -0.05) is 0 Å². The zero-order valence-corrected chi connectivity index (χ0v) is 10.4. The van der Waals surface area contributed by atoms with Crippen molar-refractivity contribution >= 4 is 0 Å². The van der Waals surface area contributed by atoms with E-state index in [0.29, 0.717) is 0 Å². The van der Waals surface area contributed by atoms with Crippen molar-refractivity contribution in [1.29, 1.82) is 0 Å². The van der Waals surface area contributed by atoms with Crippen molar-refractivity contribution in [3.63, 3.8) is 0 Å². The number of hydrogen-bond acceptors (Lipinski definition) is 3. The van der Waals surface area contributed by atoms with Crippen LogP contribution in [0.3, 0.4) is 0 Å². The fourth-order valence-corrected chi connectivity index (χ4v) is 0. The molecule has 0 saturated heterocycles. The molecule has 0 aromatic rings. The van der Waals surface area contributed by atoms with E-state index in [0.717, 1.165) is 0 Å². The Morgan fingerprint density at radius 3 is 1.25 bits per heavy atom. The summed E-state index contributed by atoms with van der Waals surface area (Å²) < 4.78 is 0. The minimum atomic E-state index is -1.75. The van der Waals surface area contributed by atoms with Crippen LogP contribution in [0.25, 0.3) is 0 Å². The maximum atomic E-state index is 8.25. The molecule has 0 rings (SSSR count). The third-order valence-electron chi connectivity index (χ3n) is 0. The average molecular weight is 278 g/mol. The summed E-state index contributed by atoms with van der Waals surface area (Å²) in [6.07, 6.45) is 0. The third kappa shape index (κ3) is 91.0. The quantitative estimate of drug-likeness (QED) is 0.250. The van der Waals surface area contributed by atoms with Gasteiger partial charge in [0.2, 0.25) is 0 Å². The van der Waals surface area contributed by atoms with Crippen molar-refractivity contribution in [2.45, 2.75) is 0 Å². The summed E-state index contributed by atoms with van der Waals surface area (Å²) in [6, 6.07) is 0. The second-order valence-electron chi connectivity index (χ2n) is 0.224. The standard InChI is InChI=1S/Ce.K.NO3.2H2O.H/c;;2-1(3)4;;;/h;;;2*1H2;/q;+1;-1;;;-1. The van der Waals surface area contributed by atoms with Gasteiger partial charge in [-0.25, -0.2) is 0 Å². The van der Waals surface area contributed by atoms with E-state index in [4.69, 9.17) is 15.3 Å². The maximum Gasteiger partial charge on any atom is 1.00 e. The van der Waals surface area contributed by atoms with E-state index in [1.54, 1.807) is 0 Å². The van der Waals surface area contributed by atoms with Gasteiger partial charge in [-0.05, 0) is 0 Å². The first-order chi connectivity index (χ1) is 1.73. The number of hydrogen-bond donors (Lipinski definition) is 0. The minimum Gasteiger partial charge on any atom is -1.00 e. The normalized spacial score (nSPS) is 3.00. The molecule has 46 valence electrons. The predicted molar refractivity (Wildman–Crippen MR) is 18.7 cm³/mol. The minimum absolute atomic E-state index is 0. The van der Waals surface area contributed by atoms with Crippen molar-refractivity contribution < 1.29 is 111 Å². The third-order valence-corrected chi connectivity index (χ3v) is 0. The summed E-state index contributed by atoms with van der Waals surface area (Å²) >= 11 is 0. The van der Waals surface area contributed by atoms with Crippen LogP contribution in [0.5, 0.6) is 0 Å². The Hall–Kier alpha value is 2.13. The smallest absolute Gasteiger partial charge is 1.00 e. The van der Waals surface area contributed by atoms with E-state index in [2.05, 4.69) is 0 Å². The average Bonchev–Trinajstić information content (AvgIpc) is 0.811. The first-order valence-electron chi connectivity index (χ1n) is 0.548. The van der Waals surface area contributed by atoms with Gasteiger partial charge >= 0.3 is 51.4 Å². The zero-order chi connectivity index (χ0) is 3.58. The topological polar surface area (TPSA) is 129 Å². The first kappa shape index (κ1) is 32.1. The van der Waals surface area contributed by atoms with E-state index in [1.165, 1.54) is 0 Å². The summed E-state index contributed by atoms with van der Waals surface area (Å²) in [5.74, 6) is 0. The monoisotopic (exact) mass is 278 g/mol. The van der Waals surface area contributed by atoms with E-state index in [-0.39, 0.29) is 106 Å². The molecular weight excluding hydrogens is 273 g/mol. The van der Waals surface area contributed by atoms with Gasteiger partial charge < -0.3 is 27.7 Å². The van der Waals surface area contributed by atoms with Crippen molar-refractivity contribution in [2.75, 3.05) is 0 Å². The molecule has 0 heterocycles. The van der Waals surface area contributed by atoms with Crippen LogP contribution in [-0.4, -0.2) is 16.0 Å². The molecule has 8 heteroatoms. The second kappa shape index (κ2) is 22.9. The fraction of sp³-hybridized carbons (Fsp3) is 0. The van der Waals surface area contributed by atoms with Crippen LogP contribution in [0.2, 0.25) is 0 Å². The Labute approximate surface area is 123 Å². The van der Waals surface area contributed by atoms with E-state index in [1.807, 2.05) is 0 Å². The molecule has 0 fully saturated rings. The van der Waals surface area contributed by atoms with Crippen molar-refractivity contribution in [3.8, 4) is 0 Å². The molecule has 0 aliphatic heterocycles. The molecule has 8 heavy (non-hydrogen) atoms. The largest absolute Gasteiger partial charge is 1.00 e. The van der Waals surface area contributed by atoms with Gasteiger partial charge in [-0.15, -0.1) is 0 Å². The molecule has 4 N–H and O–H groups in total. The van der Waals surface area contributed by atoms with Crippen molar-refractivity contribution in [3.05, 3.63) is 15.3 Å². The maximum absolute atomic E-state index is 8.25. The Bertz CT molecular complexity index is 39.9. The van der Waals surface area contributed by atoms with Gasteiger partial charge in [0.1, 0.15) is 0 Å². The van der Waals surface area contributed by atoms with Crippen LogP contribution in [0, 0.1) is 57.1 Å². The van der Waals surface area contributed by atoms with E-state index in [9.17, 15) is 0 Å². The molecule has 0 aromatic heterocycles. The molecule has 0 unspecified atom stereocenters. The van der Waals surface area contributed by atoms with Gasteiger partial charge in [0.05, 0.1) is 5.09 Å². The summed E-state index contributed by atoms with van der Waals surface area (Å²) in [7, 11) is 0. The van der Waals surface area contributed by atoms with E-state index < -0.39 is 5.09 Å². The molecule has 6 nitrogen and oxygen atoms in total. The molecule has 0 aliphatic rings. The summed E-state index contributed by atoms with van der Waals surface area (Å²) in [5, 5.41) is 14.8. The Balaban J connectivity index is -0.00000000450. The zero-order valence-electron chi connectivity index (χ0n) is 5.17. The molecule has 0 bridgehead atoms. The van der Waals surface area contributed by atoms with Crippen molar-refractivity contribution in [2.24, 2.45) is 0 Å². The first-order valence-corrected chi connectivity index (χ1v) is 0.548. The van der Waals surface area contributed by atoms with Gasteiger partial charge in [0.25, 0.3) is 0 Å². The van der Waals surface area contributed by atoms with Gasteiger partial charge in [0.15, 0.2) is 0 Å². The molecule has 0 atom stereocenters. The van der Waals surface area contributed by atoms with Crippen LogP contribution in [0.15, 0.2) is 0 Å². The van der Waals surface area contributed by atoms with Crippen molar-refractivity contribution in [1.82, 2.24) is 0 Å². The molecule has 0 amide bonds. The molecule has 0 saturated carbocycles. The van der Waals surface area contributed by atoms with Gasteiger partial charge in [0, 0.05) is 41.7 Å². The predicted octanol–water partition coefficient (Wildman–Crippen LogP) is -4.77. The molecule has 0 aromatic carbocycles. The molecular formula is H5CeKNO5-. The van der Waals surface area contributed by atoms with Crippen LogP contribution >= 0.6 is 0 Å². The van der Waals surface area contributed by atoms with Gasteiger partial charge in [-0.2, -0.15) is 0 Å². The van der Waals surface area contributed by atoms with Gasteiger partial charge in [-0.3, -0.25) is 0 Å². The Morgan fingerprint density at radius 1 is 1.25 bits per heavy atom. The molecule has 0 aliphatic carbocycles.